The summed E-state index contributed by atoms with van der Waals surface area (Å²) >= 11 is 0. The van der Waals surface area contributed by atoms with Gasteiger partial charge < -0.3 is 14.2 Å². The Hall–Kier alpha value is -4.19. The number of hydrogen-bond donors (Lipinski definition) is 0. The highest BCUT2D eigenvalue weighted by Crippen LogP contribution is 2.13. The first-order valence-corrected chi connectivity index (χ1v) is 28.0. The van der Waals surface area contributed by atoms with Gasteiger partial charge in [-0.25, -0.2) is 0 Å². The fourth-order valence-corrected chi connectivity index (χ4v) is 7.22. The lowest BCUT2D eigenvalue weighted by molar-refractivity contribution is -0.167. The highest BCUT2D eigenvalue weighted by molar-refractivity contribution is 5.71. The predicted octanol–water partition coefficient (Wildman–Crippen LogP) is 18.9. The molecule has 6 heteroatoms. The molecule has 0 heterocycles. The van der Waals surface area contributed by atoms with E-state index < -0.39 is 6.10 Å². The van der Waals surface area contributed by atoms with Gasteiger partial charge in [-0.05, 0) is 128 Å². The van der Waals surface area contributed by atoms with E-state index in [2.05, 4.69) is 142 Å². The Morgan fingerprint density at radius 1 is 0.304 bits per heavy atom. The van der Waals surface area contributed by atoms with E-state index in [0.29, 0.717) is 25.7 Å². The molecule has 0 radical (unpaired) electrons. The molecule has 0 saturated heterocycles. The van der Waals surface area contributed by atoms with Crippen molar-refractivity contribution in [2.24, 2.45) is 0 Å². The topological polar surface area (TPSA) is 78.9 Å². The highest BCUT2D eigenvalue weighted by Gasteiger charge is 2.19. The van der Waals surface area contributed by atoms with Gasteiger partial charge in [0.2, 0.25) is 0 Å². The van der Waals surface area contributed by atoms with Crippen LogP contribution in [0.1, 0.15) is 239 Å². The van der Waals surface area contributed by atoms with Gasteiger partial charge >= 0.3 is 17.9 Å². The van der Waals surface area contributed by atoms with E-state index in [1.807, 2.05) is 0 Å². The fraction of sp³-hybridized carbons (Fsp3) is 0.635. The van der Waals surface area contributed by atoms with Crippen LogP contribution in [0.3, 0.4) is 0 Å². The second-order valence-corrected chi connectivity index (χ2v) is 18.1. The molecule has 0 fully saturated rings. The Balaban J connectivity index is 4.54. The van der Waals surface area contributed by atoms with Crippen molar-refractivity contribution in [1.82, 2.24) is 0 Å². The van der Waals surface area contributed by atoms with Crippen molar-refractivity contribution in [2.45, 2.75) is 245 Å². The van der Waals surface area contributed by atoms with E-state index in [1.54, 1.807) is 0 Å². The summed E-state index contributed by atoms with van der Waals surface area (Å²) in [6.45, 7) is 6.38. The Morgan fingerprint density at radius 2 is 0.580 bits per heavy atom. The number of carbonyl (C=O) groups is 3. The van der Waals surface area contributed by atoms with Gasteiger partial charge in [0, 0.05) is 19.3 Å². The van der Waals surface area contributed by atoms with Gasteiger partial charge in [-0.15, -0.1) is 0 Å². The summed E-state index contributed by atoms with van der Waals surface area (Å²) in [4.78, 5) is 38.1. The Labute approximate surface area is 424 Å². The average Bonchev–Trinajstić information content (AvgIpc) is 3.35. The van der Waals surface area contributed by atoms with Crippen LogP contribution in [0, 0.1) is 0 Å². The number of esters is 3. The molecule has 0 aliphatic heterocycles. The third-order valence-corrected chi connectivity index (χ3v) is 11.4. The van der Waals surface area contributed by atoms with Crippen LogP contribution in [0.5, 0.6) is 0 Å². The van der Waals surface area contributed by atoms with Gasteiger partial charge in [0.1, 0.15) is 13.2 Å². The molecule has 0 aromatic carbocycles. The Morgan fingerprint density at radius 3 is 0.957 bits per heavy atom. The molecule has 0 aliphatic rings. The third kappa shape index (κ3) is 54.6. The standard InChI is InChI=1S/C63H102O6/c1-4-7-10-13-16-19-22-25-28-30-31-33-35-38-41-44-47-50-53-56-62(65)68-59-60(58-67-61(64)55-52-49-46-43-40-37-34-27-24-21-18-15-12-9-6-3)69-63(66)57-54-51-48-45-42-39-36-32-29-26-23-20-17-14-11-8-5-2/h8,11,16-21,25-29,34,36,39-40,43,45,48,60H,4-7,9-10,12-15,22-24,30-33,35,37-38,41-42,44,46-47,49-59H2,1-3H3/b11-8-,19-16-,20-17-,21-18-,28-25-,29-26-,34-27-,39-36-,43-40-,48-45-/t60-/m1/s1. The SMILES string of the molecule is CC/C=C\C/C=C\C/C=C\C/C=C\C/C=C\CCCC(=O)O[C@H](COC(=O)CCCC/C=C\C/C=C\C/C=C\CCCCC)COC(=O)CCCCCCCCCCC/C=C\C/C=C\CCCCC. The predicted molar refractivity (Wildman–Crippen MR) is 297 cm³/mol. The van der Waals surface area contributed by atoms with Gasteiger partial charge in [-0.3, -0.25) is 14.4 Å². The van der Waals surface area contributed by atoms with E-state index in [0.717, 1.165) is 89.9 Å². The molecule has 0 unspecified atom stereocenters. The zero-order chi connectivity index (χ0) is 50.0. The van der Waals surface area contributed by atoms with Crippen molar-refractivity contribution in [3.8, 4) is 0 Å². The van der Waals surface area contributed by atoms with Crippen molar-refractivity contribution in [3.05, 3.63) is 122 Å². The first-order chi connectivity index (χ1) is 34.0. The maximum absolute atomic E-state index is 12.8. The van der Waals surface area contributed by atoms with Crippen molar-refractivity contribution in [2.75, 3.05) is 13.2 Å². The Bertz CT molecular complexity index is 1470. The normalized spacial score (nSPS) is 13.0. The lowest BCUT2D eigenvalue weighted by Crippen LogP contribution is -2.30. The van der Waals surface area contributed by atoms with Crippen LogP contribution >= 0.6 is 0 Å². The monoisotopic (exact) mass is 955 g/mol. The summed E-state index contributed by atoms with van der Waals surface area (Å²) in [7, 11) is 0. The molecule has 0 rings (SSSR count). The summed E-state index contributed by atoms with van der Waals surface area (Å²) < 4.78 is 16.8. The number of unbranched alkanes of at least 4 members (excludes halogenated alkanes) is 18. The molecule has 0 aromatic rings. The molecule has 1 atom stereocenters. The number of hydrogen-bond acceptors (Lipinski definition) is 6. The zero-order valence-electron chi connectivity index (χ0n) is 44.5. The molecule has 0 spiro atoms. The molecule has 0 bridgehead atoms. The molecule has 0 saturated carbocycles. The molecule has 0 aromatic heterocycles. The lowest BCUT2D eigenvalue weighted by atomic mass is 10.1. The fourth-order valence-electron chi connectivity index (χ4n) is 7.22. The molecule has 0 aliphatic carbocycles. The molecular weight excluding hydrogens is 853 g/mol. The van der Waals surface area contributed by atoms with E-state index >= 15 is 0 Å². The largest absolute Gasteiger partial charge is 0.462 e. The minimum atomic E-state index is -0.829. The van der Waals surface area contributed by atoms with Crippen LogP contribution in [0.25, 0.3) is 0 Å². The minimum Gasteiger partial charge on any atom is -0.462 e. The molecule has 0 amide bonds. The minimum absolute atomic E-state index is 0.118. The first-order valence-electron chi connectivity index (χ1n) is 28.0. The molecule has 390 valence electrons. The van der Waals surface area contributed by atoms with Crippen LogP contribution in [0.4, 0.5) is 0 Å². The van der Waals surface area contributed by atoms with Crippen molar-refractivity contribution >= 4 is 17.9 Å². The van der Waals surface area contributed by atoms with Crippen LogP contribution in [0.2, 0.25) is 0 Å². The van der Waals surface area contributed by atoms with Gasteiger partial charge in [-0.1, -0.05) is 213 Å². The summed E-state index contributed by atoms with van der Waals surface area (Å²) in [6, 6.07) is 0. The maximum Gasteiger partial charge on any atom is 0.306 e. The van der Waals surface area contributed by atoms with E-state index in [4.69, 9.17) is 14.2 Å². The summed E-state index contributed by atoms with van der Waals surface area (Å²) in [5.41, 5.74) is 0. The zero-order valence-corrected chi connectivity index (χ0v) is 44.5. The number of rotatable bonds is 49. The first kappa shape index (κ1) is 64.8. The van der Waals surface area contributed by atoms with Crippen LogP contribution in [-0.2, 0) is 28.6 Å². The van der Waals surface area contributed by atoms with Crippen LogP contribution in [-0.4, -0.2) is 37.2 Å². The molecular formula is C63H102O6. The quantitative estimate of drug-likeness (QED) is 0.0262. The smallest absolute Gasteiger partial charge is 0.306 e. The van der Waals surface area contributed by atoms with E-state index in [-0.39, 0.29) is 37.5 Å². The van der Waals surface area contributed by atoms with Gasteiger partial charge in [0.05, 0.1) is 0 Å². The second kappa shape index (κ2) is 56.4. The number of allylic oxidation sites excluding steroid dienone is 20. The van der Waals surface area contributed by atoms with Gasteiger partial charge in [-0.2, -0.15) is 0 Å². The van der Waals surface area contributed by atoms with Gasteiger partial charge in [0.15, 0.2) is 6.10 Å². The number of carbonyl (C=O) groups excluding carboxylic acids is 3. The van der Waals surface area contributed by atoms with E-state index in [1.165, 1.54) is 96.3 Å². The summed E-state index contributed by atoms with van der Waals surface area (Å²) in [5.74, 6) is -1.02. The van der Waals surface area contributed by atoms with Crippen molar-refractivity contribution < 1.29 is 28.6 Å². The van der Waals surface area contributed by atoms with Crippen molar-refractivity contribution in [1.29, 1.82) is 0 Å². The molecule has 0 N–H and O–H groups in total. The Kier molecular flexibility index (Phi) is 53.0. The average molecular weight is 956 g/mol. The molecule has 6 nitrogen and oxygen atoms in total. The summed E-state index contributed by atoms with van der Waals surface area (Å²) in [5, 5.41) is 0. The summed E-state index contributed by atoms with van der Waals surface area (Å²) in [6.07, 6.45) is 77.6. The maximum atomic E-state index is 12.8. The second-order valence-electron chi connectivity index (χ2n) is 18.1. The highest BCUT2D eigenvalue weighted by atomic mass is 16.6. The lowest BCUT2D eigenvalue weighted by Gasteiger charge is -2.18. The number of ether oxygens (including phenoxy) is 3. The van der Waals surface area contributed by atoms with Crippen LogP contribution in [0.15, 0.2) is 122 Å². The van der Waals surface area contributed by atoms with E-state index in [9.17, 15) is 14.4 Å². The van der Waals surface area contributed by atoms with Gasteiger partial charge in [0.25, 0.3) is 0 Å². The van der Waals surface area contributed by atoms with Crippen molar-refractivity contribution in [3.63, 3.8) is 0 Å². The van der Waals surface area contributed by atoms with Crippen LogP contribution < -0.4 is 0 Å². The molecule has 69 heavy (non-hydrogen) atoms. The third-order valence-electron chi connectivity index (χ3n) is 11.4.